The van der Waals surface area contributed by atoms with Crippen molar-refractivity contribution in [1.29, 1.82) is 0 Å². The molecular weight excluding hydrogens is 656 g/mol. The highest BCUT2D eigenvalue weighted by Gasteiger charge is 2.32. The molecule has 2 aromatic carbocycles. The molecular formula is C30H35ClF3N2O7PS. The predicted molar refractivity (Wildman–Crippen MR) is 167 cm³/mol. The van der Waals surface area contributed by atoms with Crippen molar-refractivity contribution in [3.63, 3.8) is 0 Å². The number of aromatic nitrogens is 2. The Morgan fingerprint density at radius 1 is 1.04 bits per heavy atom. The third-order valence-electron chi connectivity index (χ3n) is 7.49. The van der Waals surface area contributed by atoms with Gasteiger partial charge in [-0.15, -0.1) is 0 Å². The zero-order chi connectivity index (χ0) is 32.8. The largest absolute Gasteiger partial charge is 0.491 e. The van der Waals surface area contributed by atoms with E-state index >= 15 is 0 Å². The van der Waals surface area contributed by atoms with Crippen molar-refractivity contribution in [2.75, 3.05) is 19.0 Å². The van der Waals surface area contributed by atoms with E-state index < -0.39 is 42.8 Å². The molecule has 1 atom stereocenters. The lowest BCUT2D eigenvalue weighted by atomic mass is 9.94. The minimum absolute atomic E-state index is 0.0201. The highest BCUT2D eigenvalue weighted by molar-refractivity contribution is 7.91. The van der Waals surface area contributed by atoms with E-state index in [1.165, 1.54) is 6.20 Å². The molecule has 0 radical (unpaired) electrons. The number of benzene rings is 2. The number of sulfone groups is 1. The number of hydrogen-bond acceptors (Lipinski definition) is 6. The lowest BCUT2D eigenvalue weighted by Gasteiger charge is -2.18. The smallest absolute Gasteiger partial charge is 0.469 e. The Bertz CT molecular complexity index is 1780. The van der Waals surface area contributed by atoms with Crippen LogP contribution in [0.15, 0.2) is 53.6 Å². The standard InChI is InChI=1S/C30H35ClF3N2O7PS/c1-2-45(40,41)23-10-7-9-21(16-23)24-11-12-26(28-27(24)25-17-22(31)19-35-29(25)36-28)42-14-6-4-3-5-8-20(18-30(32,33)34)13-15-43-44(37,38)39/h7,9-12,16-17,19-20H,2-6,8,13-15,18H2,1H3,(H,35,36)(H2,37,38,39). The van der Waals surface area contributed by atoms with Gasteiger partial charge in [-0.3, -0.25) is 4.52 Å². The van der Waals surface area contributed by atoms with Crippen LogP contribution in [0.5, 0.6) is 5.75 Å². The number of H-pyrrole nitrogens is 1. The molecule has 2 heterocycles. The van der Waals surface area contributed by atoms with Crippen LogP contribution in [-0.4, -0.2) is 53.3 Å². The van der Waals surface area contributed by atoms with Crippen molar-refractivity contribution in [2.24, 2.45) is 5.92 Å². The van der Waals surface area contributed by atoms with Gasteiger partial charge in [-0.05, 0) is 60.2 Å². The van der Waals surface area contributed by atoms with Crippen molar-refractivity contribution in [3.8, 4) is 16.9 Å². The summed E-state index contributed by atoms with van der Waals surface area (Å²) in [6, 6.07) is 12.2. The van der Waals surface area contributed by atoms with Crippen LogP contribution in [0, 0.1) is 5.92 Å². The Balaban J connectivity index is 1.42. The first-order valence-electron chi connectivity index (χ1n) is 14.5. The number of hydrogen-bond donors (Lipinski definition) is 3. The number of halogens is 4. The number of ether oxygens (including phenoxy) is 1. The van der Waals surface area contributed by atoms with E-state index in [4.69, 9.17) is 26.1 Å². The van der Waals surface area contributed by atoms with E-state index in [2.05, 4.69) is 14.5 Å². The second-order valence-corrected chi connectivity index (χ2v) is 14.8. The van der Waals surface area contributed by atoms with Gasteiger partial charge in [0.1, 0.15) is 11.4 Å². The molecule has 0 fully saturated rings. The molecule has 2 aromatic heterocycles. The van der Waals surface area contributed by atoms with Crippen LogP contribution in [-0.2, 0) is 18.9 Å². The summed E-state index contributed by atoms with van der Waals surface area (Å²) in [4.78, 5) is 25.5. The average Bonchev–Trinajstić information content (AvgIpc) is 3.34. The highest BCUT2D eigenvalue weighted by atomic mass is 35.5. The Hall–Kier alpha value is -2.67. The summed E-state index contributed by atoms with van der Waals surface area (Å²) < 4.78 is 85.3. The fraction of sp³-hybridized carbons (Fsp3) is 0.433. The number of nitrogens with zero attached hydrogens (tertiary/aromatic N) is 1. The van der Waals surface area contributed by atoms with Crippen LogP contribution in [0.4, 0.5) is 13.2 Å². The Kier molecular flexibility index (Phi) is 11.6. The average molecular weight is 691 g/mol. The lowest BCUT2D eigenvalue weighted by Crippen LogP contribution is -2.17. The summed E-state index contributed by atoms with van der Waals surface area (Å²) in [6.45, 7) is 1.51. The molecule has 1 unspecified atom stereocenters. The molecule has 0 aliphatic rings. The number of rotatable bonds is 16. The maximum atomic E-state index is 13.0. The van der Waals surface area contributed by atoms with E-state index in [1.807, 2.05) is 12.1 Å². The molecule has 0 aliphatic heterocycles. The maximum absolute atomic E-state index is 13.0. The number of pyridine rings is 1. The van der Waals surface area contributed by atoms with Gasteiger partial charge in [-0.25, -0.2) is 18.0 Å². The SMILES string of the molecule is CCS(=O)(=O)c1cccc(-c2ccc(OCCCCCCC(CCOP(=O)(O)O)CC(F)(F)F)c3[nH]c4ncc(Cl)cc4c23)c1. The van der Waals surface area contributed by atoms with E-state index in [0.29, 0.717) is 59.8 Å². The van der Waals surface area contributed by atoms with Gasteiger partial charge < -0.3 is 19.5 Å². The zero-order valence-corrected chi connectivity index (χ0v) is 27.0. The molecule has 0 saturated carbocycles. The summed E-state index contributed by atoms with van der Waals surface area (Å²) in [5, 5.41) is 1.97. The first-order chi connectivity index (χ1) is 21.2. The van der Waals surface area contributed by atoms with Crippen LogP contribution in [0.25, 0.3) is 33.1 Å². The van der Waals surface area contributed by atoms with Crippen molar-refractivity contribution < 1.29 is 45.2 Å². The highest BCUT2D eigenvalue weighted by Crippen LogP contribution is 2.40. The monoisotopic (exact) mass is 690 g/mol. The van der Waals surface area contributed by atoms with Gasteiger partial charge in [0, 0.05) is 23.4 Å². The fourth-order valence-electron chi connectivity index (χ4n) is 5.30. The summed E-state index contributed by atoms with van der Waals surface area (Å²) in [5.74, 6) is -0.240. The van der Waals surface area contributed by atoms with Crippen LogP contribution in [0.2, 0.25) is 5.02 Å². The number of aromatic amines is 1. The second kappa shape index (κ2) is 14.8. The van der Waals surface area contributed by atoms with Gasteiger partial charge >= 0.3 is 14.0 Å². The topological polar surface area (TPSA) is 139 Å². The molecule has 9 nitrogen and oxygen atoms in total. The third kappa shape index (κ3) is 9.91. The normalized spacial score (nSPS) is 13.5. The van der Waals surface area contributed by atoms with Crippen molar-refractivity contribution in [1.82, 2.24) is 9.97 Å². The predicted octanol–water partition coefficient (Wildman–Crippen LogP) is 8.23. The van der Waals surface area contributed by atoms with Crippen LogP contribution in [0.3, 0.4) is 0 Å². The molecule has 4 rings (SSSR count). The van der Waals surface area contributed by atoms with Gasteiger partial charge in [0.05, 0.1) is 34.4 Å². The van der Waals surface area contributed by atoms with Crippen LogP contribution >= 0.6 is 19.4 Å². The van der Waals surface area contributed by atoms with Crippen molar-refractivity contribution >= 4 is 51.2 Å². The van der Waals surface area contributed by atoms with Gasteiger partial charge in [0.25, 0.3) is 0 Å². The van der Waals surface area contributed by atoms with E-state index in [9.17, 15) is 26.2 Å². The molecule has 0 spiro atoms. The van der Waals surface area contributed by atoms with Gasteiger partial charge in [-0.1, -0.05) is 56.3 Å². The first kappa shape index (κ1) is 35.2. The number of nitrogens with one attached hydrogen (secondary N) is 1. The van der Waals surface area contributed by atoms with Crippen LogP contribution < -0.4 is 4.74 Å². The van der Waals surface area contributed by atoms with Gasteiger partial charge in [0.15, 0.2) is 9.84 Å². The van der Waals surface area contributed by atoms with Crippen molar-refractivity contribution in [2.45, 2.75) is 62.9 Å². The minimum Gasteiger partial charge on any atom is -0.491 e. The Labute approximate surface area is 264 Å². The molecule has 0 bridgehead atoms. The molecule has 45 heavy (non-hydrogen) atoms. The maximum Gasteiger partial charge on any atom is 0.469 e. The van der Waals surface area contributed by atoms with E-state index in [-0.39, 0.29) is 23.5 Å². The Morgan fingerprint density at radius 2 is 1.80 bits per heavy atom. The molecule has 0 amide bonds. The molecule has 0 aliphatic carbocycles. The number of fused-ring (bicyclic) bond motifs is 3. The number of unbranched alkanes of at least 4 members (excludes halogenated alkanes) is 3. The summed E-state index contributed by atoms with van der Waals surface area (Å²) in [5.41, 5.74) is 2.75. The molecule has 3 N–H and O–H groups in total. The second-order valence-electron chi connectivity index (χ2n) is 10.8. The third-order valence-corrected chi connectivity index (χ3v) is 9.95. The van der Waals surface area contributed by atoms with E-state index in [0.717, 1.165) is 16.3 Å². The van der Waals surface area contributed by atoms with Gasteiger partial charge in [-0.2, -0.15) is 13.2 Å². The van der Waals surface area contributed by atoms with Crippen molar-refractivity contribution in [3.05, 3.63) is 53.7 Å². The number of phosphoric ester groups is 1. The molecule has 4 aromatic rings. The quantitative estimate of drug-likeness (QED) is 0.0790. The summed E-state index contributed by atoms with van der Waals surface area (Å²) in [6.07, 6.45) is -1.17. The molecule has 0 saturated heterocycles. The number of alkyl halides is 3. The number of phosphoric acid groups is 1. The molecule has 246 valence electrons. The van der Waals surface area contributed by atoms with Crippen LogP contribution in [0.1, 0.15) is 51.9 Å². The first-order valence-corrected chi connectivity index (χ1v) is 18.1. The Morgan fingerprint density at radius 3 is 2.51 bits per heavy atom. The zero-order valence-electron chi connectivity index (χ0n) is 24.5. The molecule has 15 heteroatoms. The van der Waals surface area contributed by atoms with E-state index in [1.54, 1.807) is 37.3 Å². The summed E-state index contributed by atoms with van der Waals surface area (Å²) in [7, 11) is -8.15. The van der Waals surface area contributed by atoms with Gasteiger partial charge in [0.2, 0.25) is 0 Å². The fourth-order valence-corrected chi connectivity index (χ4v) is 6.73. The minimum atomic E-state index is -4.73. The lowest BCUT2D eigenvalue weighted by molar-refractivity contribution is -0.145. The summed E-state index contributed by atoms with van der Waals surface area (Å²) >= 11 is 6.28.